The van der Waals surface area contributed by atoms with Crippen molar-refractivity contribution >= 4 is 23.4 Å². The number of nitrogens with one attached hydrogen (secondary N) is 3. The molecule has 2 heterocycles. The average Bonchev–Trinajstić information content (AvgIpc) is 2.82. The number of rotatable bonds is 4. The van der Waals surface area contributed by atoms with Crippen molar-refractivity contribution < 1.29 is 23.9 Å². The Morgan fingerprint density at radius 3 is 2.68 bits per heavy atom. The van der Waals surface area contributed by atoms with Crippen molar-refractivity contribution in [3.63, 3.8) is 0 Å². The molecular weight excluding hydrogens is 362 g/mol. The Morgan fingerprint density at radius 1 is 1.07 bits per heavy atom. The van der Waals surface area contributed by atoms with E-state index in [0.29, 0.717) is 29.4 Å². The summed E-state index contributed by atoms with van der Waals surface area (Å²) in [5.74, 6) is 0.101. The summed E-state index contributed by atoms with van der Waals surface area (Å²) in [6.07, 6.45) is -0.504. The maximum atomic E-state index is 12.4. The van der Waals surface area contributed by atoms with Crippen molar-refractivity contribution in [1.29, 1.82) is 0 Å². The molecule has 3 N–H and O–H groups in total. The van der Waals surface area contributed by atoms with Gasteiger partial charge in [-0.1, -0.05) is 24.3 Å². The molecule has 2 aliphatic heterocycles. The highest BCUT2D eigenvalue weighted by molar-refractivity contribution is 6.10. The maximum Gasteiger partial charge on any atom is 0.254 e. The lowest BCUT2D eigenvalue weighted by Gasteiger charge is -2.26. The molecule has 8 nitrogen and oxygen atoms in total. The fourth-order valence-corrected chi connectivity index (χ4v) is 3.10. The van der Waals surface area contributed by atoms with E-state index in [1.165, 1.54) is 0 Å². The Kier molecular flexibility index (Phi) is 4.84. The van der Waals surface area contributed by atoms with E-state index in [0.717, 1.165) is 0 Å². The van der Waals surface area contributed by atoms with Crippen molar-refractivity contribution in [2.24, 2.45) is 0 Å². The third-order valence-corrected chi connectivity index (χ3v) is 4.54. The molecule has 0 radical (unpaired) electrons. The van der Waals surface area contributed by atoms with Gasteiger partial charge in [0, 0.05) is 0 Å². The number of carbonyl (C=O) groups excluding carboxylic acids is 3. The van der Waals surface area contributed by atoms with E-state index in [1.807, 2.05) is 18.2 Å². The molecule has 2 aromatic rings. The van der Waals surface area contributed by atoms with Gasteiger partial charge in [-0.25, -0.2) is 0 Å². The average molecular weight is 381 g/mol. The number of para-hydroxylation sites is 3. The van der Waals surface area contributed by atoms with Crippen LogP contribution in [0.2, 0.25) is 0 Å². The van der Waals surface area contributed by atoms with Gasteiger partial charge in [0.1, 0.15) is 18.8 Å². The Hall–Kier alpha value is -3.55. The van der Waals surface area contributed by atoms with Crippen LogP contribution in [0.25, 0.3) is 0 Å². The zero-order chi connectivity index (χ0) is 19.5. The summed E-state index contributed by atoms with van der Waals surface area (Å²) in [5.41, 5.74) is 0.796. The Bertz CT molecular complexity index is 930. The maximum absolute atomic E-state index is 12.4. The largest absolute Gasteiger partial charge is 0.486 e. The molecule has 2 aromatic carbocycles. The van der Waals surface area contributed by atoms with Crippen molar-refractivity contribution in [3.8, 4) is 11.5 Å². The second-order valence-corrected chi connectivity index (χ2v) is 6.57. The van der Waals surface area contributed by atoms with Gasteiger partial charge in [-0.05, 0) is 24.3 Å². The Morgan fingerprint density at radius 2 is 1.82 bits per heavy atom. The first-order valence-corrected chi connectivity index (χ1v) is 8.96. The number of fused-ring (bicyclic) bond motifs is 2. The topological polar surface area (TPSA) is 106 Å². The molecule has 28 heavy (non-hydrogen) atoms. The lowest BCUT2D eigenvalue weighted by atomic mass is 10.1. The Balaban J connectivity index is 1.32. The molecule has 0 saturated heterocycles. The predicted octanol–water partition coefficient (Wildman–Crippen LogP) is 1.08. The zero-order valence-electron chi connectivity index (χ0n) is 14.9. The van der Waals surface area contributed by atoms with Crippen molar-refractivity contribution in [2.75, 3.05) is 18.5 Å². The summed E-state index contributed by atoms with van der Waals surface area (Å²) < 4.78 is 11.4. The normalized spacial score (nSPS) is 20.3. The number of hydrogen-bond acceptors (Lipinski definition) is 5. The number of ether oxygens (including phenoxy) is 2. The van der Waals surface area contributed by atoms with Gasteiger partial charge in [0.25, 0.3) is 5.91 Å². The third-order valence-electron chi connectivity index (χ3n) is 4.54. The molecule has 0 fully saturated rings. The van der Waals surface area contributed by atoms with Gasteiger partial charge < -0.3 is 25.4 Å². The molecule has 3 amide bonds. The molecule has 0 aromatic heterocycles. The first-order valence-electron chi connectivity index (χ1n) is 8.96. The minimum absolute atomic E-state index is 0.171. The quantitative estimate of drug-likeness (QED) is 0.735. The van der Waals surface area contributed by atoms with Crippen LogP contribution in [0.4, 0.5) is 5.69 Å². The molecule has 0 spiro atoms. The molecule has 0 aliphatic carbocycles. The fraction of sp³-hybridized carbons (Fsp3) is 0.250. The highest BCUT2D eigenvalue weighted by Crippen LogP contribution is 2.30. The van der Waals surface area contributed by atoms with Crippen LogP contribution in [0.15, 0.2) is 48.5 Å². The van der Waals surface area contributed by atoms with E-state index in [2.05, 4.69) is 16.0 Å². The highest BCUT2D eigenvalue weighted by Gasteiger charge is 2.30. The molecule has 0 bridgehead atoms. The smallest absolute Gasteiger partial charge is 0.254 e. The highest BCUT2D eigenvalue weighted by atomic mass is 16.6. The summed E-state index contributed by atoms with van der Waals surface area (Å²) >= 11 is 0. The Labute approximate surface area is 161 Å². The molecule has 2 aliphatic rings. The summed E-state index contributed by atoms with van der Waals surface area (Å²) in [4.78, 5) is 36.9. The third kappa shape index (κ3) is 3.75. The van der Waals surface area contributed by atoms with E-state index >= 15 is 0 Å². The van der Waals surface area contributed by atoms with E-state index in [4.69, 9.17) is 9.47 Å². The van der Waals surface area contributed by atoms with Gasteiger partial charge >= 0.3 is 0 Å². The lowest BCUT2D eigenvalue weighted by Crippen LogP contribution is -2.46. The van der Waals surface area contributed by atoms with Gasteiger partial charge in [-0.2, -0.15) is 0 Å². The molecule has 2 unspecified atom stereocenters. The minimum atomic E-state index is -0.954. The van der Waals surface area contributed by atoms with Gasteiger partial charge in [0.05, 0.1) is 24.2 Å². The van der Waals surface area contributed by atoms with Crippen LogP contribution in [-0.4, -0.2) is 43.0 Å². The van der Waals surface area contributed by atoms with Crippen LogP contribution in [0.5, 0.6) is 11.5 Å². The summed E-state index contributed by atoms with van der Waals surface area (Å²) in [5, 5.41) is 8.01. The fourth-order valence-electron chi connectivity index (χ4n) is 3.10. The second-order valence-electron chi connectivity index (χ2n) is 6.57. The minimum Gasteiger partial charge on any atom is -0.486 e. The molecule has 2 atom stereocenters. The van der Waals surface area contributed by atoms with E-state index < -0.39 is 17.9 Å². The summed E-state index contributed by atoms with van der Waals surface area (Å²) in [6.45, 7) is 0.545. The van der Waals surface area contributed by atoms with E-state index in [1.54, 1.807) is 30.3 Å². The summed E-state index contributed by atoms with van der Waals surface area (Å²) in [7, 11) is 0. The molecular formula is C20H19N3O5. The first kappa shape index (κ1) is 17.8. The van der Waals surface area contributed by atoms with Crippen molar-refractivity contribution in [2.45, 2.75) is 18.6 Å². The molecule has 8 heteroatoms. The van der Waals surface area contributed by atoms with Crippen LogP contribution in [0, 0.1) is 0 Å². The van der Waals surface area contributed by atoms with Crippen molar-refractivity contribution in [1.82, 2.24) is 10.6 Å². The first-order chi connectivity index (χ1) is 13.6. The number of benzene rings is 2. The number of hydrogen-bond donors (Lipinski definition) is 3. The standard InChI is InChI=1S/C20H19N3O5/c24-18(21-10-12-11-27-16-7-3-4-8-17(16)28-12)9-15-20(26)22-14-6-2-1-5-13(14)19(25)23-15/h1-8,12,15H,9-11H2,(H,21,24)(H,22,26)(H,23,25). The monoisotopic (exact) mass is 381 g/mol. The van der Waals surface area contributed by atoms with Crippen LogP contribution in [0.1, 0.15) is 16.8 Å². The van der Waals surface area contributed by atoms with E-state index in [-0.39, 0.29) is 25.0 Å². The lowest BCUT2D eigenvalue weighted by molar-refractivity contribution is -0.126. The van der Waals surface area contributed by atoms with Crippen LogP contribution >= 0.6 is 0 Å². The SMILES string of the molecule is O=C(CC1NC(=O)c2ccccc2NC1=O)NCC1COc2ccccc2O1. The van der Waals surface area contributed by atoms with Gasteiger partial charge in [-0.3, -0.25) is 14.4 Å². The van der Waals surface area contributed by atoms with E-state index in [9.17, 15) is 14.4 Å². The van der Waals surface area contributed by atoms with Gasteiger partial charge in [-0.15, -0.1) is 0 Å². The molecule has 4 rings (SSSR count). The van der Waals surface area contributed by atoms with Crippen LogP contribution in [-0.2, 0) is 9.59 Å². The molecule has 0 saturated carbocycles. The summed E-state index contributed by atoms with van der Waals surface area (Å²) in [6, 6.07) is 13.1. The zero-order valence-corrected chi connectivity index (χ0v) is 14.9. The van der Waals surface area contributed by atoms with Crippen molar-refractivity contribution in [3.05, 3.63) is 54.1 Å². The second kappa shape index (κ2) is 7.59. The van der Waals surface area contributed by atoms with Crippen LogP contribution in [0.3, 0.4) is 0 Å². The molecule has 144 valence electrons. The number of carbonyl (C=O) groups is 3. The van der Waals surface area contributed by atoms with Gasteiger partial charge in [0.15, 0.2) is 11.5 Å². The number of anilines is 1. The van der Waals surface area contributed by atoms with Crippen LogP contribution < -0.4 is 25.4 Å². The van der Waals surface area contributed by atoms with Gasteiger partial charge in [0.2, 0.25) is 11.8 Å². The number of amides is 3. The predicted molar refractivity (Wildman–Crippen MR) is 100 cm³/mol.